The van der Waals surface area contributed by atoms with E-state index in [1.54, 1.807) is 0 Å². The molecule has 0 bridgehead atoms. The molecular formula is C39H25NOS2. The molecule has 1 aliphatic carbocycles. The molecule has 6 aromatic carbocycles. The average Bonchev–Trinajstić information content (AvgIpc) is 3.64. The maximum absolute atomic E-state index is 6.62. The van der Waals surface area contributed by atoms with Crippen molar-refractivity contribution in [2.24, 2.45) is 0 Å². The number of fused-ring (bicyclic) bond motifs is 12. The van der Waals surface area contributed by atoms with Crippen molar-refractivity contribution in [2.45, 2.75) is 38.8 Å². The van der Waals surface area contributed by atoms with E-state index < -0.39 is 0 Å². The molecule has 10 rings (SSSR count). The molecule has 8 aromatic rings. The molecule has 2 aromatic heterocycles. The highest BCUT2D eigenvalue weighted by Gasteiger charge is 2.38. The lowest BCUT2D eigenvalue weighted by Crippen LogP contribution is -2.15. The SMILES string of the molecule is CC1(C)c2ccccc2-c2ccc3c(c21)c1cc2c(cc1n3-c1cccc3c1oc1ccccc13)Sc1ccccc1S2. The third-order valence-electron chi connectivity index (χ3n) is 9.43. The van der Waals surface area contributed by atoms with E-state index in [0.717, 1.165) is 27.6 Å². The summed E-state index contributed by atoms with van der Waals surface area (Å²) in [6.07, 6.45) is 0. The highest BCUT2D eigenvalue weighted by Crippen LogP contribution is 2.55. The van der Waals surface area contributed by atoms with Crippen LogP contribution in [0.1, 0.15) is 25.0 Å². The first-order valence-corrected chi connectivity index (χ1v) is 16.3. The van der Waals surface area contributed by atoms with E-state index in [4.69, 9.17) is 4.42 Å². The smallest absolute Gasteiger partial charge is 0.159 e. The van der Waals surface area contributed by atoms with Gasteiger partial charge in [-0.1, -0.05) is 110 Å². The van der Waals surface area contributed by atoms with Crippen LogP contribution in [-0.4, -0.2) is 4.57 Å². The lowest BCUT2D eigenvalue weighted by Gasteiger charge is -2.23. The topological polar surface area (TPSA) is 18.1 Å². The molecule has 2 nitrogen and oxygen atoms in total. The number of furan rings is 1. The van der Waals surface area contributed by atoms with Crippen LogP contribution in [0.3, 0.4) is 0 Å². The third kappa shape index (κ3) is 3.12. The molecule has 0 fully saturated rings. The van der Waals surface area contributed by atoms with Crippen LogP contribution in [0.2, 0.25) is 0 Å². The number of rotatable bonds is 1. The van der Waals surface area contributed by atoms with Gasteiger partial charge in [0.1, 0.15) is 5.58 Å². The number of hydrogen-bond acceptors (Lipinski definition) is 3. The Morgan fingerprint density at radius 2 is 1.30 bits per heavy atom. The maximum Gasteiger partial charge on any atom is 0.159 e. The Hall–Kier alpha value is -4.38. The number of aromatic nitrogens is 1. The summed E-state index contributed by atoms with van der Waals surface area (Å²) in [5.41, 5.74) is 10.7. The molecule has 0 amide bonds. The lowest BCUT2D eigenvalue weighted by molar-refractivity contribution is 0.666. The van der Waals surface area contributed by atoms with Gasteiger partial charge in [-0.2, -0.15) is 0 Å². The summed E-state index contributed by atoms with van der Waals surface area (Å²) in [6, 6.07) is 42.2. The number of benzene rings is 6. The molecule has 0 N–H and O–H groups in total. The Bertz CT molecular complexity index is 2500. The van der Waals surface area contributed by atoms with Crippen LogP contribution >= 0.6 is 23.5 Å². The molecule has 0 radical (unpaired) electrons. The van der Waals surface area contributed by atoms with Gasteiger partial charge in [-0.25, -0.2) is 0 Å². The minimum Gasteiger partial charge on any atom is -0.454 e. The van der Waals surface area contributed by atoms with Crippen LogP contribution in [0.5, 0.6) is 0 Å². The van der Waals surface area contributed by atoms with Gasteiger partial charge in [0, 0.05) is 46.5 Å². The molecule has 0 atom stereocenters. The third-order valence-corrected chi connectivity index (χ3v) is 12.0. The summed E-state index contributed by atoms with van der Waals surface area (Å²) < 4.78 is 9.08. The Labute approximate surface area is 257 Å². The second-order valence-electron chi connectivity index (χ2n) is 12.1. The number of nitrogens with zero attached hydrogens (tertiary/aromatic N) is 1. The minimum atomic E-state index is -0.125. The van der Waals surface area contributed by atoms with Gasteiger partial charge in [0.2, 0.25) is 0 Å². The van der Waals surface area contributed by atoms with Gasteiger partial charge in [0.25, 0.3) is 0 Å². The van der Waals surface area contributed by atoms with E-state index >= 15 is 0 Å². The van der Waals surface area contributed by atoms with Gasteiger partial charge in [0.15, 0.2) is 5.58 Å². The van der Waals surface area contributed by atoms with Crippen LogP contribution in [0.4, 0.5) is 0 Å². The molecular weight excluding hydrogens is 563 g/mol. The van der Waals surface area contributed by atoms with Gasteiger partial charge in [-0.05, 0) is 64.7 Å². The van der Waals surface area contributed by atoms with Crippen LogP contribution in [-0.2, 0) is 5.41 Å². The van der Waals surface area contributed by atoms with Crippen molar-refractivity contribution in [3.8, 4) is 16.8 Å². The van der Waals surface area contributed by atoms with Crippen LogP contribution in [0, 0.1) is 0 Å². The second-order valence-corrected chi connectivity index (χ2v) is 14.3. The molecule has 0 unspecified atom stereocenters. The van der Waals surface area contributed by atoms with E-state index in [0.29, 0.717) is 0 Å². The molecule has 3 heterocycles. The first kappa shape index (κ1) is 24.1. The van der Waals surface area contributed by atoms with Gasteiger partial charge in [0.05, 0.1) is 16.7 Å². The molecule has 204 valence electrons. The van der Waals surface area contributed by atoms with Gasteiger partial charge < -0.3 is 8.98 Å². The lowest BCUT2D eigenvalue weighted by atomic mass is 9.80. The molecule has 0 saturated carbocycles. The van der Waals surface area contributed by atoms with E-state index in [-0.39, 0.29) is 5.41 Å². The van der Waals surface area contributed by atoms with Crippen LogP contribution in [0.15, 0.2) is 139 Å². The first-order chi connectivity index (χ1) is 21.1. The van der Waals surface area contributed by atoms with Gasteiger partial charge >= 0.3 is 0 Å². The van der Waals surface area contributed by atoms with E-state index in [9.17, 15) is 0 Å². The summed E-state index contributed by atoms with van der Waals surface area (Å²) in [6.45, 7) is 4.78. The first-order valence-electron chi connectivity index (χ1n) is 14.7. The Morgan fingerprint density at radius 1 is 0.581 bits per heavy atom. The zero-order chi connectivity index (χ0) is 28.4. The van der Waals surface area contributed by atoms with E-state index in [1.165, 1.54) is 63.6 Å². The quantitative estimate of drug-likeness (QED) is 0.190. The zero-order valence-corrected chi connectivity index (χ0v) is 25.3. The van der Waals surface area contributed by atoms with E-state index in [2.05, 4.69) is 128 Å². The highest BCUT2D eigenvalue weighted by atomic mass is 32.2. The highest BCUT2D eigenvalue weighted by molar-refractivity contribution is 8.05. The Balaban J connectivity index is 1.36. The summed E-state index contributed by atoms with van der Waals surface area (Å²) in [4.78, 5) is 5.27. The van der Waals surface area contributed by atoms with Crippen molar-refractivity contribution in [3.63, 3.8) is 0 Å². The fourth-order valence-electron chi connectivity index (χ4n) is 7.57. The van der Waals surface area contributed by atoms with Crippen LogP contribution in [0.25, 0.3) is 60.6 Å². The summed E-state index contributed by atoms with van der Waals surface area (Å²) in [5.74, 6) is 0. The Morgan fingerprint density at radius 3 is 2.16 bits per heavy atom. The normalized spacial score (nSPS) is 14.7. The summed E-state index contributed by atoms with van der Waals surface area (Å²) in [7, 11) is 0. The summed E-state index contributed by atoms with van der Waals surface area (Å²) in [5, 5.41) is 4.94. The van der Waals surface area contributed by atoms with Crippen LogP contribution < -0.4 is 0 Å². The van der Waals surface area contributed by atoms with E-state index in [1.807, 2.05) is 29.6 Å². The van der Waals surface area contributed by atoms with Crippen molar-refractivity contribution in [3.05, 3.63) is 126 Å². The fourth-order valence-corrected chi connectivity index (χ4v) is 9.84. The molecule has 1 aliphatic heterocycles. The minimum absolute atomic E-state index is 0.125. The molecule has 43 heavy (non-hydrogen) atoms. The largest absolute Gasteiger partial charge is 0.454 e. The fraction of sp³-hybridized carbons (Fsp3) is 0.0769. The zero-order valence-electron chi connectivity index (χ0n) is 23.6. The average molecular weight is 588 g/mol. The predicted octanol–water partition coefficient (Wildman–Crippen LogP) is 11.6. The Kier molecular flexibility index (Phi) is 4.69. The van der Waals surface area contributed by atoms with Crippen molar-refractivity contribution in [2.75, 3.05) is 0 Å². The predicted molar refractivity (Wildman–Crippen MR) is 180 cm³/mol. The molecule has 0 saturated heterocycles. The van der Waals surface area contributed by atoms with Crippen molar-refractivity contribution in [1.82, 2.24) is 4.57 Å². The second kappa shape index (κ2) is 8.37. The summed E-state index contributed by atoms with van der Waals surface area (Å²) >= 11 is 3.76. The van der Waals surface area contributed by atoms with Gasteiger partial charge in [-0.15, -0.1) is 0 Å². The molecule has 4 heteroatoms. The monoisotopic (exact) mass is 587 g/mol. The van der Waals surface area contributed by atoms with Gasteiger partial charge in [-0.3, -0.25) is 0 Å². The van der Waals surface area contributed by atoms with Crippen molar-refractivity contribution in [1.29, 1.82) is 0 Å². The van der Waals surface area contributed by atoms with Crippen molar-refractivity contribution < 1.29 is 4.42 Å². The molecule has 0 spiro atoms. The number of hydrogen-bond donors (Lipinski definition) is 0. The standard InChI is InChI=1S/C39H25NOS2/c1-39(2)27-13-5-3-10-22(27)24-18-19-28-36(37(24)39)26-20-34-35(43-33-17-8-7-16-32(33)42-34)21-30(26)40(28)29-14-9-12-25-23-11-4-6-15-31(23)41-38(25)29/h3-21H,1-2H3. The number of para-hydroxylation sites is 2. The molecule has 2 aliphatic rings. The maximum atomic E-state index is 6.62. The van der Waals surface area contributed by atoms with Crippen molar-refractivity contribution >= 4 is 67.3 Å².